The minimum absolute atomic E-state index is 0.256. The van der Waals surface area contributed by atoms with E-state index in [4.69, 9.17) is 9.47 Å². The largest absolute Gasteiger partial charge is 0.439 e. The van der Waals surface area contributed by atoms with Crippen molar-refractivity contribution < 1.29 is 27.4 Å². The zero-order valence-corrected chi connectivity index (χ0v) is 20.6. The van der Waals surface area contributed by atoms with E-state index in [0.29, 0.717) is 17.7 Å². The first kappa shape index (κ1) is 25.3. The molecule has 1 amide bonds. The van der Waals surface area contributed by atoms with Gasteiger partial charge in [0.2, 0.25) is 0 Å². The van der Waals surface area contributed by atoms with E-state index in [2.05, 4.69) is 9.88 Å². The van der Waals surface area contributed by atoms with Crippen molar-refractivity contribution in [3.05, 3.63) is 58.3 Å². The number of ether oxygens (including phenoxy) is 2. The van der Waals surface area contributed by atoms with E-state index in [1.54, 1.807) is 24.8 Å². The highest BCUT2D eigenvalue weighted by molar-refractivity contribution is 5.71. The van der Waals surface area contributed by atoms with Crippen molar-refractivity contribution in [3.8, 4) is 0 Å². The van der Waals surface area contributed by atoms with Crippen molar-refractivity contribution in [1.29, 1.82) is 0 Å². The van der Waals surface area contributed by atoms with Crippen LogP contribution in [0.3, 0.4) is 0 Å². The van der Waals surface area contributed by atoms with E-state index in [0.717, 1.165) is 54.9 Å². The smallest absolute Gasteiger partial charge is 0.416 e. The van der Waals surface area contributed by atoms with Crippen molar-refractivity contribution in [2.45, 2.75) is 70.9 Å². The highest BCUT2D eigenvalue weighted by Crippen LogP contribution is 2.38. The molecular weight excluding hydrogens is 459 g/mol. The van der Waals surface area contributed by atoms with Gasteiger partial charge in [-0.15, -0.1) is 0 Å². The molecule has 4 rings (SSSR count). The third-order valence-corrected chi connectivity index (χ3v) is 6.87. The molecule has 0 aliphatic carbocycles. The molecule has 0 saturated carbocycles. The van der Waals surface area contributed by atoms with E-state index in [1.807, 2.05) is 26.2 Å². The van der Waals surface area contributed by atoms with Crippen LogP contribution in [0.15, 0.2) is 30.5 Å². The molecule has 3 atom stereocenters. The standard InChI is InChI=1S/C26H32F3N3O3/c1-16-10-19(13-21(12-16)26(27,28)29)23-18(3)32(25(33)35-23)15-20-11-17(2)14-30-24(20)31(4)22-6-5-8-34-9-7-22/h10-14,18,22-23H,5-9,15H2,1-4H3/t18-,22?,23-/m0/s1. The van der Waals surface area contributed by atoms with E-state index in [9.17, 15) is 18.0 Å². The van der Waals surface area contributed by atoms with Crippen LogP contribution in [-0.4, -0.2) is 48.3 Å². The van der Waals surface area contributed by atoms with Crippen molar-refractivity contribution in [2.24, 2.45) is 0 Å². The maximum absolute atomic E-state index is 13.4. The summed E-state index contributed by atoms with van der Waals surface area (Å²) in [6.07, 6.45) is -1.14. The highest BCUT2D eigenvalue weighted by Gasteiger charge is 2.41. The van der Waals surface area contributed by atoms with Gasteiger partial charge in [0.1, 0.15) is 11.9 Å². The summed E-state index contributed by atoms with van der Waals surface area (Å²) in [5, 5.41) is 0. The Balaban J connectivity index is 1.59. The van der Waals surface area contributed by atoms with Gasteiger partial charge in [-0.1, -0.05) is 11.6 Å². The molecular formula is C26H32F3N3O3. The van der Waals surface area contributed by atoms with E-state index >= 15 is 0 Å². The number of rotatable bonds is 5. The van der Waals surface area contributed by atoms with Gasteiger partial charge >= 0.3 is 12.3 Å². The number of hydrogen-bond donors (Lipinski definition) is 0. The molecule has 1 aromatic carbocycles. The van der Waals surface area contributed by atoms with Crippen LogP contribution in [0.1, 0.15) is 60.1 Å². The molecule has 1 aromatic heterocycles. The van der Waals surface area contributed by atoms with Gasteiger partial charge in [0.15, 0.2) is 0 Å². The second kappa shape index (κ2) is 10.0. The Kier molecular flexibility index (Phi) is 7.26. The summed E-state index contributed by atoms with van der Waals surface area (Å²) in [6.45, 7) is 7.07. The van der Waals surface area contributed by atoms with Crippen molar-refractivity contribution in [1.82, 2.24) is 9.88 Å². The van der Waals surface area contributed by atoms with Gasteiger partial charge in [0.05, 0.1) is 18.2 Å². The van der Waals surface area contributed by atoms with Gasteiger partial charge in [-0.3, -0.25) is 4.90 Å². The molecule has 6 nitrogen and oxygen atoms in total. The summed E-state index contributed by atoms with van der Waals surface area (Å²) in [6, 6.07) is 5.65. The van der Waals surface area contributed by atoms with Crippen LogP contribution in [0.5, 0.6) is 0 Å². The Morgan fingerprint density at radius 3 is 2.63 bits per heavy atom. The minimum Gasteiger partial charge on any atom is -0.439 e. The predicted octanol–water partition coefficient (Wildman–Crippen LogP) is 5.80. The number of carbonyl (C=O) groups is 1. The molecule has 2 aromatic rings. The van der Waals surface area contributed by atoms with Gasteiger partial charge in [-0.2, -0.15) is 13.2 Å². The molecule has 2 aliphatic heterocycles. The molecule has 3 heterocycles. The summed E-state index contributed by atoms with van der Waals surface area (Å²) in [7, 11) is 2.01. The van der Waals surface area contributed by atoms with E-state index in [-0.39, 0.29) is 12.6 Å². The number of hydrogen-bond acceptors (Lipinski definition) is 5. The number of alkyl halides is 3. The van der Waals surface area contributed by atoms with E-state index in [1.165, 1.54) is 0 Å². The summed E-state index contributed by atoms with van der Waals surface area (Å²) in [4.78, 5) is 21.3. The summed E-state index contributed by atoms with van der Waals surface area (Å²) in [5.74, 6) is 0.792. The number of aryl methyl sites for hydroxylation is 2. The lowest BCUT2D eigenvalue weighted by molar-refractivity contribution is -0.137. The molecule has 190 valence electrons. The Bertz CT molecular complexity index is 1070. The van der Waals surface area contributed by atoms with Crippen LogP contribution < -0.4 is 4.90 Å². The van der Waals surface area contributed by atoms with Gasteiger partial charge in [0, 0.05) is 38.1 Å². The first-order valence-corrected chi connectivity index (χ1v) is 12.0. The quantitative estimate of drug-likeness (QED) is 0.529. The molecule has 0 bridgehead atoms. The number of cyclic esters (lactones) is 1. The van der Waals surface area contributed by atoms with Gasteiger partial charge in [-0.25, -0.2) is 9.78 Å². The average Bonchev–Trinajstić information content (AvgIpc) is 2.98. The molecule has 2 aliphatic rings. The van der Waals surface area contributed by atoms with Crippen molar-refractivity contribution in [3.63, 3.8) is 0 Å². The van der Waals surface area contributed by atoms with Gasteiger partial charge in [-0.05, 0) is 69.4 Å². The molecule has 2 fully saturated rings. The molecule has 2 saturated heterocycles. The molecule has 35 heavy (non-hydrogen) atoms. The number of pyridine rings is 1. The molecule has 0 radical (unpaired) electrons. The Morgan fingerprint density at radius 1 is 1.11 bits per heavy atom. The fourth-order valence-corrected chi connectivity index (χ4v) is 4.99. The van der Waals surface area contributed by atoms with Gasteiger partial charge in [0.25, 0.3) is 0 Å². The van der Waals surface area contributed by atoms with Crippen LogP contribution in [0, 0.1) is 13.8 Å². The Hall–Kier alpha value is -2.81. The number of amides is 1. The van der Waals surface area contributed by atoms with Crippen LogP contribution in [0.4, 0.5) is 23.8 Å². The SMILES string of the molecule is Cc1cc([C@H]2OC(=O)N(Cc3cc(C)cnc3N(C)C3CCCOCC3)[C@H]2C)cc(C(F)(F)F)c1. The number of nitrogens with zero attached hydrogens (tertiary/aromatic N) is 3. The van der Waals surface area contributed by atoms with Gasteiger partial charge < -0.3 is 14.4 Å². The Labute approximate surface area is 204 Å². The summed E-state index contributed by atoms with van der Waals surface area (Å²) in [5.41, 5.74) is 1.91. The number of halogens is 3. The lowest BCUT2D eigenvalue weighted by Crippen LogP contribution is -2.35. The monoisotopic (exact) mass is 491 g/mol. The van der Waals surface area contributed by atoms with Crippen molar-refractivity contribution >= 4 is 11.9 Å². The fourth-order valence-electron chi connectivity index (χ4n) is 4.99. The zero-order chi connectivity index (χ0) is 25.3. The van der Waals surface area contributed by atoms with Crippen LogP contribution in [0.25, 0.3) is 0 Å². The normalized spacial score (nSPS) is 23.2. The first-order valence-electron chi connectivity index (χ1n) is 12.0. The molecule has 9 heteroatoms. The highest BCUT2D eigenvalue weighted by atomic mass is 19.4. The van der Waals surface area contributed by atoms with Crippen LogP contribution >= 0.6 is 0 Å². The first-order chi connectivity index (χ1) is 16.5. The molecule has 0 spiro atoms. The topological polar surface area (TPSA) is 54.9 Å². The second-order valence-electron chi connectivity index (χ2n) is 9.61. The number of aromatic nitrogens is 1. The van der Waals surface area contributed by atoms with E-state index < -0.39 is 30.0 Å². The van der Waals surface area contributed by atoms with Crippen LogP contribution in [-0.2, 0) is 22.2 Å². The average molecular weight is 492 g/mol. The maximum atomic E-state index is 13.4. The zero-order valence-electron chi connectivity index (χ0n) is 20.6. The second-order valence-corrected chi connectivity index (χ2v) is 9.61. The lowest BCUT2D eigenvalue weighted by Gasteiger charge is -2.31. The molecule has 1 unspecified atom stereocenters. The number of benzene rings is 1. The molecule has 0 N–H and O–H groups in total. The fraction of sp³-hybridized carbons (Fsp3) is 0.538. The minimum atomic E-state index is -4.47. The third kappa shape index (κ3) is 5.55. The summed E-state index contributed by atoms with van der Waals surface area (Å²) < 4.78 is 51.3. The number of anilines is 1. The predicted molar refractivity (Wildman–Crippen MR) is 126 cm³/mol. The maximum Gasteiger partial charge on any atom is 0.416 e. The summed E-state index contributed by atoms with van der Waals surface area (Å²) >= 11 is 0. The third-order valence-electron chi connectivity index (χ3n) is 6.87. The lowest BCUT2D eigenvalue weighted by atomic mass is 9.98. The Morgan fingerprint density at radius 2 is 1.89 bits per heavy atom. The number of carbonyl (C=O) groups excluding carboxylic acids is 1. The van der Waals surface area contributed by atoms with Crippen molar-refractivity contribution in [2.75, 3.05) is 25.2 Å². The van der Waals surface area contributed by atoms with Crippen LogP contribution in [0.2, 0.25) is 0 Å².